The van der Waals surface area contributed by atoms with Crippen LogP contribution in [-0.4, -0.2) is 29.6 Å². The number of hydrogen-bond donors (Lipinski definition) is 3. The predicted molar refractivity (Wildman–Crippen MR) is 84.2 cm³/mol. The number of fused-ring (bicyclic) bond motifs is 1. The van der Waals surface area contributed by atoms with E-state index in [1.54, 1.807) is 6.07 Å². The van der Waals surface area contributed by atoms with E-state index in [9.17, 15) is 9.59 Å². The molecular formula is C16H21N3O3. The number of methoxy groups -OCH3 is 1. The molecule has 1 aromatic carbocycles. The lowest BCUT2D eigenvalue weighted by Crippen LogP contribution is -2.62. The second kappa shape index (κ2) is 6.19. The number of carbonyl (C=O) groups excluding carboxylic acids is 2. The molecule has 6 nitrogen and oxygen atoms in total. The minimum Gasteiger partial charge on any atom is -0.466 e. The van der Waals surface area contributed by atoms with Gasteiger partial charge in [0.15, 0.2) is 5.66 Å². The number of aromatic amines is 1. The van der Waals surface area contributed by atoms with Crippen LogP contribution in [0.1, 0.15) is 30.8 Å². The average molecular weight is 303 g/mol. The molecule has 0 saturated carbocycles. The summed E-state index contributed by atoms with van der Waals surface area (Å²) >= 11 is 0. The van der Waals surface area contributed by atoms with Gasteiger partial charge in [0.1, 0.15) is 5.69 Å². The first-order valence-corrected chi connectivity index (χ1v) is 7.13. The van der Waals surface area contributed by atoms with Crippen molar-refractivity contribution in [1.29, 1.82) is 0 Å². The lowest BCUT2D eigenvalue weighted by molar-refractivity contribution is -0.148. The summed E-state index contributed by atoms with van der Waals surface area (Å²) in [6.07, 6.45) is 0.283. The van der Waals surface area contributed by atoms with E-state index in [1.807, 2.05) is 38.1 Å². The predicted octanol–water partition coefficient (Wildman–Crippen LogP) is 1.77. The van der Waals surface area contributed by atoms with Gasteiger partial charge in [0.2, 0.25) is 0 Å². The summed E-state index contributed by atoms with van der Waals surface area (Å²) in [4.78, 5) is 27.3. The number of ether oxygens (including phenoxy) is 1. The summed E-state index contributed by atoms with van der Waals surface area (Å²) in [6, 6.07) is 9.25. The molecule has 1 amide bonds. The SMILES string of the molecule is COC(=O)C(N)(CC(C)C)NC(=O)c1cc2ccccc2[nH]1. The third-order valence-electron chi connectivity index (χ3n) is 3.39. The van der Waals surface area contributed by atoms with Gasteiger partial charge in [-0.1, -0.05) is 32.0 Å². The fourth-order valence-electron chi connectivity index (χ4n) is 2.48. The molecule has 0 aliphatic rings. The molecule has 0 aliphatic heterocycles. The standard InChI is InChI=1S/C16H21N3O3/c1-10(2)9-16(17,15(21)22-3)19-14(20)13-8-11-6-4-5-7-12(11)18-13/h4-8,10,18H,9,17H2,1-3H3,(H,19,20). The van der Waals surface area contributed by atoms with Crippen molar-refractivity contribution in [3.8, 4) is 0 Å². The Hall–Kier alpha value is -2.34. The van der Waals surface area contributed by atoms with Gasteiger partial charge < -0.3 is 15.0 Å². The van der Waals surface area contributed by atoms with Crippen LogP contribution in [0.2, 0.25) is 0 Å². The molecule has 0 aliphatic carbocycles. The number of benzene rings is 1. The zero-order valence-corrected chi connectivity index (χ0v) is 13.0. The summed E-state index contributed by atoms with van der Waals surface area (Å²) in [5.74, 6) is -0.984. The molecule has 1 unspecified atom stereocenters. The van der Waals surface area contributed by atoms with Gasteiger partial charge in [0.25, 0.3) is 5.91 Å². The molecule has 4 N–H and O–H groups in total. The second-order valence-electron chi connectivity index (χ2n) is 5.79. The Morgan fingerprint density at radius 2 is 2.05 bits per heavy atom. The average Bonchev–Trinajstić information content (AvgIpc) is 2.89. The van der Waals surface area contributed by atoms with E-state index in [0.29, 0.717) is 5.69 Å². The molecule has 2 rings (SSSR count). The van der Waals surface area contributed by atoms with Gasteiger partial charge in [-0.05, 0) is 24.5 Å². The fraction of sp³-hybridized carbons (Fsp3) is 0.375. The molecule has 6 heteroatoms. The van der Waals surface area contributed by atoms with E-state index in [0.717, 1.165) is 10.9 Å². The van der Waals surface area contributed by atoms with Crippen LogP contribution < -0.4 is 11.1 Å². The molecule has 0 bridgehead atoms. The van der Waals surface area contributed by atoms with E-state index in [4.69, 9.17) is 10.5 Å². The van der Waals surface area contributed by atoms with Crippen molar-refractivity contribution in [2.75, 3.05) is 7.11 Å². The van der Waals surface area contributed by atoms with Crippen LogP contribution in [0.4, 0.5) is 0 Å². The highest BCUT2D eigenvalue weighted by Gasteiger charge is 2.38. The number of aromatic nitrogens is 1. The molecule has 0 radical (unpaired) electrons. The van der Waals surface area contributed by atoms with Crippen molar-refractivity contribution in [3.63, 3.8) is 0 Å². The monoisotopic (exact) mass is 303 g/mol. The number of amides is 1. The Kier molecular flexibility index (Phi) is 4.51. The number of esters is 1. The fourth-order valence-corrected chi connectivity index (χ4v) is 2.48. The summed E-state index contributed by atoms with van der Waals surface area (Å²) in [5.41, 5.74) is 5.72. The third-order valence-corrected chi connectivity index (χ3v) is 3.39. The highest BCUT2D eigenvalue weighted by molar-refractivity contribution is 6.00. The molecule has 1 aromatic heterocycles. The Morgan fingerprint density at radius 1 is 1.36 bits per heavy atom. The third kappa shape index (κ3) is 3.28. The van der Waals surface area contributed by atoms with Gasteiger partial charge in [-0.15, -0.1) is 0 Å². The maximum Gasteiger partial charge on any atom is 0.346 e. The Balaban J connectivity index is 2.25. The molecular weight excluding hydrogens is 282 g/mol. The molecule has 118 valence electrons. The molecule has 0 saturated heterocycles. The molecule has 0 fully saturated rings. The van der Waals surface area contributed by atoms with E-state index in [-0.39, 0.29) is 12.3 Å². The summed E-state index contributed by atoms with van der Waals surface area (Å²) in [5, 5.41) is 3.50. The van der Waals surface area contributed by atoms with Crippen molar-refractivity contribution < 1.29 is 14.3 Å². The zero-order chi connectivity index (χ0) is 16.3. The van der Waals surface area contributed by atoms with Gasteiger partial charge in [-0.2, -0.15) is 0 Å². The topological polar surface area (TPSA) is 97.2 Å². The molecule has 22 heavy (non-hydrogen) atoms. The Morgan fingerprint density at radius 3 is 2.64 bits per heavy atom. The minimum atomic E-state index is -1.54. The van der Waals surface area contributed by atoms with Crippen molar-refractivity contribution in [1.82, 2.24) is 10.3 Å². The highest BCUT2D eigenvalue weighted by Crippen LogP contribution is 2.17. The normalized spacial score (nSPS) is 13.9. The Bertz CT molecular complexity index is 660. The van der Waals surface area contributed by atoms with E-state index >= 15 is 0 Å². The molecule has 1 atom stereocenters. The van der Waals surface area contributed by atoms with Gasteiger partial charge in [-0.3, -0.25) is 10.5 Å². The van der Waals surface area contributed by atoms with Gasteiger partial charge in [-0.25, -0.2) is 4.79 Å². The van der Waals surface area contributed by atoms with Crippen molar-refractivity contribution in [2.45, 2.75) is 25.9 Å². The van der Waals surface area contributed by atoms with E-state index in [2.05, 4.69) is 10.3 Å². The van der Waals surface area contributed by atoms with Crippen molar-refractivity contribution >= 4 is 22.8 Å². The molecule has 1 heterocycles. The van der Waals surface area contributed by atoms with Crippen LogP contribution in [0.5, 0.6) is 0 Å². The number of carbonyl (C=O) groups is 2. The van der Waals surface area contributed by atoms with Crippen LogP contribution in [0.25, 0.3) is 10.9 Å². The smallest absolute Gasteiger partial charge is 0.346 e. The van der Waals surface area contributed by atoms with Crippen LogP contribution in [-0.2, 0) is 9.53 Å². The quantitative estimate of drug-likeness (QED) is 0.579. The number of nitrogens with one attached hydrogen (secondary N) is 2. The Labute approximate surface area is 129 Å². The number of hydrogen-bond acceptors (Lipinski definition) is 4. The highest BCUT2D eigenvalue weighted by atomic mass is 16.5. The minimum absolute atomic E-state index is 0.118. The maximum absolute atomic E-state index is 12.4. The van der Waals surface area contributed by atoms with Crippen molar-refractivity contribution in [3.05, 3.63) is 36.0 Å². The molecule has 2 aromatic rings. The zero-order valence-electron chi connectivity index (χ0n) is 13.0. The number of nitrogens with two attached hydrogens (primary N) is 1. The van der Waals surface area contributed by atoms with Crippen LogP contribution in [0.15, 0.2) is 30.3 Å². The first-order chi connectivity index (χ1) is 10.4. The summed E-state index contributed by atoms with van der Waals surface area (Å²) in [7, 11) is 1.25. The summed E-state index contributed by atoms with van der Waals surface area (Å²) < 4.78 is 4.72. The number of rotatable bonds is 5. The largest absolute Gasteiger partial charge is 0.466 e. The number of para-hydroxylation sites is 1. The first-order valence-electron chi connectivity index (χ1n) is 7.13. The lowest BCUT2D eigenvalue weighted by Gasteiger charge is -2.29. The first kappa shape index (κ1) is 16.0. The number of H-pyrrole nitrogens is 1. The van der Waals surface area contributed by atoms with Crippen molar-refractivity contribution in [2.24, 2.45) is 11.7 Å². The van der Waals surface area contributed by atoms with Gasteiger partial charge in [0, 0.05) is 10.9 Å². The van der Waals surface area contributed by atoms with E-state index in [1.165, 1.54) is 7.11 Å². The maximum atomic E-state index is 12.4. The van der Waals surface area contributed by atoms with E-state index < -0.39 is 17.5 Å². The lowest BCUT2D eigenvalue weighted by atomic mass is 9.98. The van der Waals surface area contributed by atoms with Crippen LogP contribution in [0, 0.1) is 5.92 Å². The molecule has 0 spiro atoms. The second-order valence-corrected chi connectivity index (χ2v) is 5.79. The summed E-state index contributed by atoms with van der Waals surface area (Å²) in [6.45, 7) is 3.83. The van der Waals surface area contributed by atoms with Crippen LogP contribution in [0.3, 0.4) is 0 Å². The van der Waals surface area contributed by atoms with Gasteiger partial charge >= 0.3 is 5.97 Å². The van der Waals surface area contributed by atoms with Gasteiger partial charge in [0.05, 0.1) is 7.11 Å². The van der Waals surface area contributed by atoms with Crippen LogP contribution >= 0.6 is 0 Å².